The highest BCUT2D eigenvalue weighted by atomic mass is 19.1. The first-order valence-corrected chi connectivity index (χ1v) is 12.8. The molecule has 0 saturated carbocycles. The number of aliphatic hydroxyl groups is 1. The highest BCUT2D eigenvalue weighted by Gasteiger charge is 2.44. The van der Waals surface area contributed by atoms with Crippen LogP contribution in [0.1, 0.15) is 17.7 Å². The average molecular weight is 530 g/mol. The van der Waals surface area contributed by atoms with Gasteiger partial charge in [-0.05, 0) is 41.8 Å². The van der Waals surface area contributed by atoms with Gasteiger partial charge >= 0.3 is 0 Å². The third kappa shape index (κ3) is 4.51. The summed E-state index contributed by atoms with van der Waals surface area (Å²) in [5.41, 5.74) is 3.59. The SMILES string of the molecule is COc1ncc(CN2C3CC2CN(c2ccc(-c4cc(OCCO)cc5c4c(C#N)nn5C)cn2)C3)cc1F. The van der Waals surface area contributed by atoms with Crippen LogP contribution in [0.4, 0.5) is 10.2 Å². The molecule has 39 heavy (non-hydrogen) atoms. The zero-order chi connectivity index (χ0) is 27.1. The molecule has 0 aliphatic carbocycles. The molecule has 3 aromatic heterocycles. The highest BCUT2D eigenvalue weighted by Crippen LogP contribution is 2.38. The van der Waals surface area contributed by atoms with E-state index in [2.05, 4.69) is 26.0 Å². The Kier molecular flexibility index (Phi) is 6.50. The summed E-state index contributed by atoms with van der Waals surface area (Å²) in [5, 5.41) is 24.0. The van der Waals surface area contributed by atoms with E-state index in [1.54, 1.807) is 17.9 Å². The molecule has 3 fully saturated rings. The van der Waals surface area contributed by atoms with Crippen molar-refractivity contribution in [2.45, 2.75) is 25.0 Å². The molecule has 0 amide bonds. The first kappa shape index (κ1) is 25.0. The molecule has 3 saturated heterocycles. The van der Waals surface area contributed by atoms with Gasteiger partial charge in [-0.25, -0.2) is 14.4 Å². The molecule has 0 radical (unpaired) electrons. The fourth-order valence-corrected chi connectivity index (χ4v) is 5.69. The third-order valence-electron chi connectivity index (χ3n) is 7.54. The van der Waals surface area contributed by atoms with E-state index in [9.17, 15) is 14.8 Å². The number of hydrogen-bond donors (Lipinski definition) is 1. The van der Waals surface area contributed by atoms with Gasteiger partial charge in [0, 0.05) is 68.2 Å². The number of fused-ring (bicyclic) bond motifs is 3. The van der Waals surface area contributed by atoms with E-state index >= 15 is 0 Å². The Hall–Kier alpha value is -4.27. The summed E-state index contributed by atoms with van der Waals surface area (Å²) in [7, 11) is 3.20. The number of aliphatic hydroxyl groups excluding tert-OH is 1. The number of nitriles is 1. The van der Waals surface area contributed by atoms with Crippen LogP contribution in [0, 0.1) is 17.1 Å². The van der Waals surface area contributed by atoms with Crippen molar-refractivity contribution >= 4 is 16.7 Å². The van der Waals surface area contributed by atoms with Crippen LogP contribution >= 0.6 is 0 Å². The topological polar surface area (TPSA) is 113 Å². The Morgan fingerprint density at radius 1 is 1.15 bits per heavy atom. The van der Waals surface area contributed by atoms with Crippen molar-refractivity contribution in [3.8, 4) is 28.8 Å². The molecule has 3 aliphatic heterocycles. The van der Waals surface area contributed by atoms with Gasteiger partial charge in [-0.15, -0.1) is 0 Å². The summed E-state index contributed by atoms with van der Waals surface area (Å²) < 4.78 is 26.4. The molecule has 2 atom stereocenters. The Balaban J connectivity index is 1.21. The molecule has 7 rings (SSSR count). The summed E-state index contributed by atoms with van der Waals surface area (Å²) in [6, 6.07) is 12.1. The number of benzene rings is 1. The molecule has 2 unspecified atom stereocenters. The zero-order valence-corrected chi connectivity index (χ0v) is 21.7. The lowest BCUT2D eigenvalue weighted by Crippen LogP contribution is -2.68. The number of hydrogen-bond acceptors (Lipinski definition) is 9. The minimum atomic E-state index is -0.442. The number of anilines is 1. The first-order valence-electron chi connectivity index (χ1n) is 12.8. The molecule has 2 bridgehead atoms. The summed E-state index contributed by atoms with van der Waals surface area (Å²) in [5.74, 6) is 1.05. The standard InChI is InChI=1S/C28H28FN7O3/c1-34-25-10-21(39-6-5-37)9-22(27(25)24(11-30)33-34)18-3-4-26(31-13-18)35-15-19-8-20(16-35)36(19)14-17-7-23(29)28(38-2)32-12-17/h3-4,7,9-10,12-13,19-20,37H,5-6,8,14-16H2,1-2H3. The second kappa shape index (κ2) is 10.1. The van der Waals surface area contributed by atoms with Gasteiger partial charge in [-0.2, -0.15) is 10.4 Å². The minimum Gasteiger partial charge on any atom is -0.491 e. The van der Waals surface area contributed by atoms with Crippen molar-refractivity contribution in [1.29, 1.82) is 5.26 Å². The molecule has 200 valence electrons. The second-order valence-electron chi connectivity index (χ2n) is 9.88. The summed E-state index contributed by atoms with van der Waals surface area (Å²) in [6.45, 7) is 2.40. The fourth-order valence-electron chi connectivity index (χ4n) is 5.69. The predicted molar refractivity (Wildman–Crippen MR) is 142 cm³/mol. The number of piperazine rings is 1. The van der Waals surface area contributed by atoms with E-state index in [1.165, 1.54) is 13.2 Å². The van der Waals surface area contributed by atoms with E-state index < -0.39 is 5.82 Å². The molecule has 1 N–H and O–H groups in total. The Morgan fingerprint density at radius 3 is 2.64 bits per heavy atom. The number of aromatic nitrogens is 4. The van der Waals surface area contributed by atoms with Crippen LogP contribution in [0.25, 0.3) is 22.0 Å². The predicted octanol–water partition coefficient (Wildman–Crippen LogP) is 2.88. The maximum atomic E-state index is 14.1. The van der Waals surface area contributed by atoms with Crippen molar-refractivity contribution in [3.05, 3.63) is 59.8 Å². The fraction of sp³-hybridized carbons (Fsp3) is 0.357. The lowest BCUT2D eigenvalue weighted by Gasteiger charge is -2.56. The minimum absolute atomic E-state index is 0.0146. The zero-order valence-electron chi connectivity index (χ0n) is 21.7. The number of nitrogens with zero attached hydrogens (tertiary/aromatic N) is 7. The summed E-state index contributed by atoms with van der Waals surface area (Å²) >= 11 is 0. The second-order valence-corrected chi connectivity index (χ2v) is 9.88. The van der Waals surface area contributed by atoms with Gasteiger partial charge < -0.3 is 19.5 Å². The van der Waals surface area contributed by atoms with E-state index in [0.717, 1.165) is 52.9 Å². The van der Waals surface area contributed by atoms with Gasteiger partial charge in [0.25, 0.3) is 0 Å². The first-order chi connectivity index (χ1) is 19.0. The van der Waals surface area contributed by atoms with Crippen LogP contribution in [0.3, 0.4) is 0 Å². The van der Waals surface area contributed by atoms with Gasteiger partial charge in [0.05, 0.1) is 19.2 Å². The Bertz CT molecular complexity index is 1550. The number of aryl methyl sites for hydroxylation is 1. The molecular formula is C28H28FN7O3. The molecule has 4 aromatic rings. The third-order valence-corrected chi connectivity index (χ3v) is 7.54. The highest BCUT2D eigenvalue weighted by molar-refractivity contribution is 5.99. The maximum Gasteiger partial charge on any atom is 0.250 e. The normalized spacial score (nSPS) is 18.6. The average Bonchev–Trinajstić information content (AvgIpc) is 3.30. The van der Waals surface area contributed by atoms with Gasteiger partial charge in [0.15, 0.2) is 11.5 Å². The quantitative estimate of drug-likeness (QED) is 0.368. The van der Waals surface area contributed by atoms with Crippen LogP contribution in [0.15, 0.2) is 42.7 Å². The number of pyridine rings is 2. The smallest absolute Gasteiger partial charge is 0.250 e. The number of halogens is 1. The van der Waals surface area contributed by atoms with Crippen LogP contribution in [-0.4, -0.2) is 75.3 Å². The largest absolute Gasteiger partial charge is 0.491 e. The number of piperidine rings is 1. The van der Waals surface area contributed by atoms with E-state index in [4.69, 9.17) is 14.5 Å². The van der Waals surface area contributed by atoms with E-state index in [0.29, 0.717) is 30.1 Å². The molecule has 3 aliphatic rings. The van der Waals surface area contributed by atoms with Crippen molar-refractivity contribution in [2.75, 3.05) is 38.3 Å². The van der Waals surface area contributed by atoms with Crippen molar-refractivity contribution < 1.29 is 19.0 Å². The lowest BCUT2D eigenvalue weighted by molar-refractivity contribution is -0.00884. The lowest BCUT2D eigenvalue weighted by atomic mass is 9.87. The van der Waals surface area contributed by atoms with Crippen molar-refractivity contribution in [1.82, 2.24) is 24.6 Å². The number of ether oxygens (including phenoxy) is 2. The summed E-state index contributed by atoms with van der Waals surface area (Å²) in [4.78, 5) is 13.5. The van der Waals surface area contributed by atoms with Gasteiger partial charge in [0.2, 0.25) is 5.88 Å². The van der Waals surface area contributed by atoms with Gasteiger partial charge in [-0.3, -0.25) is 9.58 Å². The molecular weight excluding hydrogens is 501 g/mol. The molecule has 6 heterocycles. The molecule has 0 spiro atoms. The van der Waals surface area contributed by atoms with Crippen LogP contribution in [0.2, 0.25) is 0 Å². The van der Waals surface area contributed by atoms with Crippen molar-refractivity contribution in [2.24, 2.45) is 7.05 Å². The Labute approximate surface area is 224 Å². The van der Waals surface area contributed by atoms with E-state index in [1.807, 2.05) is 30.5 Å². The molecule has 10 nitrogen and oxygen atoms in total. The maximum absolute atomic E-state index is 14.1. The van der Waals surface area contributed by atoms with Crippen LogP contribution < -0.4 is 14.4 Å². The molecule has 1 aromatic carbocycles. The van der Waals surface area contributed by atoms with Gasteiger partial charge in [-0.1, -0.05) is 0 Å². The van der Waals surface area contributed by atoms with E-state index in [-0.39, 0.29) is 19.1 Å². The number of rotatable bonds is 8. The van der Waals surface area contributed by atoms with Crippen LogP contribution in [0.5, 0.6) is 11.6 Å². The summed E-state index contributed by atoms with van der Waals surface area (Å²) in [6.07, 6.45) is 4.60. The molecule has 11 heteroatoms. The van der Waals surface area contributed by atoms with Crippen molar-refractivity contribution in [3.63, 3.8) is 0 Å². The monoisotopic (exact) mass is 529 g/mol. The van der Waals surface area contributed by atoms with Gasteiger partial charge in [0.1, 0.15) is 24.2 Å². The number of methoxy groups -OCH3 is 1. The van der Waals surface area contributed by atoms with Crippen LogP contribution in [-0.2, 0) is 13.6 Å². The Morgan fingerprint density at radius 2 is 1.97 bits per heavy atom.